The van der Waals surface area contributed by atoms with E-state index in [1.165, 1.54) is 0 Å². The number of para-hydroxylation sites is 1. The second kappa shape index (κ2) is 7.35. The summed E-state index contributed by atoms with van der Waals surface area (Å²) in [6.45, 7) is 3.69. The van der Waals surface area contributed by atoms with Crippen LogP contribution in [0, 0.1) is 13.8 Å². The van der Waals surface area contributed by atoms with Gasteiger partial charge in [0.25, 0.3) is 10.0 Å². The molecule has 2 N–H and O–H groups in total. The third-order valence-electron chi connectivity index (χ3n) is 3.78. The minimum Gasteiger partial charge on any atom is -0.353 e. The normalized spacial score (nSPS) is 11.2. The Morgan fingerprint density at radius 1 is 1.00 bits per heavy atom. The van der Waals surface area contributed by atoms with E-state index in [9.17, 15) is 8.42 Å². The van der Waals surface area contributed by atoms with Crippen LogP contribution in [-0.4, -0.2) is 13.4 Å². The molecule has 26 heavy (non-hydrogen) atoms. The van der Waals surface area contributed by atoms with Crippen molar-refractivity contribution < 1.29 is 8.42 Å². The number of aryl methyl sites for hydroxylation is 2. The lowest BCUT2D eigenvalue weighted by molar-refractivity contribution is 0.600. The Morgan fingerprint density at radius 2 is 1.77 bits per heavy atom. The van der Waals surface area contributed by atoms with Gasteiger partial charge in [0.2, 0.25) is 0 Å². The van der Waals surface area contributed by atoms with Crippen LogP contribution in [0.4, 0.5) is 17.2 Å². The molecule has 3 rings (SSSR count). The van der Waals surface area contributed by atoms with Gasteiger partial charge in [0.05, 0.1) is 27.5 Å². The zero-order valence-corrected chi connectivity index (χ0v) is 15.9. The van der Waals surface area contributed by atoms with Gasteiger partial charge in [0, 0.05) is 0 Å². The fourth-order valence-corrected chi connectivity index (χ4v) is 3.96. The predicted molar refractivity (Wildman–Crippen MR) is 106 cm³/mol. The van der Waals surface area contributed by atoms with Crippen LogP contribution in [0.25, 0.3) is 0 Å². The zero-order valence-electron chi connectivity index (χ0n) is 14.3. The topological polar surface area (TPSA) is 71.1 Å². The van der Waals surface area contributed by atoms with Crippen LogP contribution in [0.15, 0.2) is 65.7 Å². The number of benzene rings is 2. The molecular formula is C19H18ClN3O2S. The Bertz CT molecular complexity index is 1030. The number of rotatable bonds is 5. The second-order valence-corrected chi connectivity index (χ2v) is 7.97. The molecule has 0 bridgehead atoms. The Hall–Kier alpha value is -2.57. The third-order valence-corrected chi connectivity index (χ3v) is 5.62. The van der Waals surface area contributed by atoms with Gasteiger partial charge >= 0.3 is 0 Å². The minimum atomic E-state index is -3.69. The van der Waals surface area contributed by atoms with E-state index in [4.69, 9.17) is 11.6 Å². The highest BCUT2D eigenvalue weighted by molar-refractivity contribution is 7.92. The number of hydrogen-bond acceptors (Lipinski definition) is 4. The van der Waals surface area contributed by atoms with Crippen LogP contribution in [0.1, 0.15) is 11.1 Å². The summed E-state index contributed by atoms with van der Waals surface area (Å²) < 4.78 is 27.6. The molecule has 5 nitrogen and oxygen atoms in total. The molecule has 0 saturated heterocycles. The van der Waals surface area contributed by atoms with E-state index in [1.807, 2.05) is 31.2 Å². The van der Waals surface area contributed by atoms with Gasteiger partial charge in [0.15, 0.2) is 0 Å². The average Bonchev–Trinajstić information content (AvgIpc) is 2.58. The summed E-state index contributed by atoms with van der Waals surface area (Å²) in [5, 5.41) is 3.73. The smallest absolute Gasteiger partial charge is 0.263 e. The Kier molecular flexibility index (Phi) is 5.15. The summed E-state index contributed by atoms with van der Waals surface area (Å²) in [5.74, 6) is 0.245. The molecule has 0 spiro atoms. The molecule has 2 aromatic carbocycles. The van der Waals surface area contributed by atoms with E-state index in [1.54, 1.807) is 43.5 Å². The minimum absolute atomic E-state index is 0.239. The lowest BCUT2D eigenvalue weighted by atomic mass is 10.2. The summed E-state index contributed by atoms with van der Waals surface area (Å²) in [6.07, 6.45) is 1.54. The molecule has 0 atom stereocenters. The molecule has 0 unspecified atom stereocenters. The fourth-order valence-electron chi connectivity index (χ4n) is 2.54. The molecule has 0 fully saturated rings. The number of nitrogens with one attached hydrogen (secondary N) is 2. The Morgan fingerprint density at radius 3 is 2.42 bits per heavy atom. The first-order valence-corrected chi connectivity index (χ1v) is 9.79. The Balaban J connectivity index is 1.77. The van der Waals surface area contributed by atoms with Gasteiger partial charge in [0.1, 0.15) is 5.82 Å². The SMILES string of the molecule is Cc1ccc(S(=O)(=O)Nc2ccc(Nc3ccccc3Cl)cn2)c(C)c1. The monoisotopic (exact) mass is 387 g/mol. The number of aromatic nitrogens is 1. The van der Waals surface area contributed by atoms with E-state index in [0.717, 1.165) is 11.3 Å². The predicted octanol–water partition coefficient (Wildman–Crippen LogP) is 4.90. The van der Waals surface area contributed by atoms with Crippen molar-refractivity contribution in [3.05, 3.63) is 76.9 Å². The molecule has 1 heterocycles. The molecule has 0 aliphatic rings. The van der Waals surface area contributed by atoms with Crippen molar-refractivity contribution in [3.63, 3.8) is 0 Å². The highest BCUT2D eigenvalue weighted by Crippen LogP contribution is 2.25. The maximum atomic E-state index is 12.6. The van der Waals surface area contributed by atoms with Crippen LogP contribution in [-0.2, 0) is 10.0 Å². The van der Waals surface area contributed by atoms with E-state index in [0.29, 0.717) is 16.3 Å². The highest BCUT2D eigenvalue weighted by atomic mass is 35.5. The van der Waals surface area contributed by atoms with E-state index in [-0.39, 0.29) is 10.7 Å². The molecule has 134 valence electrons. The van der Waals surface area contributed by atoms with Crippen molar-refractivity contribution in [1.82, 2.24) is 4.98 Å². The number of sulfonamides is 1. The van der Waals surface area contributed by atoms with Crippen molar-refractivity contribution in [2.45, 2.75) is 18.7 Å². The fraction of sp³-hybridized carbons (Fsp3) is 0.105. The van der Waals surface area contributed by atoms with E-state index < -0.39 is 10.0 Å². The van der Waals surface area contributed by atoms with Crippen LogP contribution in [0.3, 0.4) is 0 Å². The van der Waals surface area contributed by atoms with Crippen molar-refractivity contribution in [1.29, 1.82) is 0 Å². The molecule has 1 aromatic heterocycles. The van der Waals surface area contributed by atoms with Gasteiger partial charge in [-0.2, -0.15) is 0 Å². The summed E-state index contributed by atoms with van der Waals surface area (Å²) in [5.41, 5.74) is 3.15. The summed E-state index contributed by atoms with van der Waals surface area (Å²) in [4.78, 5) is 4.41. The number of nitrogens with zero attached hydrogens (tertiary/aromatic N) is 1. The largest absolute Gasteiger partial charge is 0.353 e. The lowest BCUT2D eigenvalue weighted by Gasteiger charge is -2.11. The first-order chi connectivity index (χ1) is 12.3. The average molecular weight is 388 g/mol. The standard InChI is InChI=1S/C19H18ClN3O2S/c1-13-7-9-18(14(2)11-13)26(24,25)23-19-10-8-15(12-21-19)22-17-6-4-3-5-16(17)20/h3-12,22H,1-2H3,(H,21,23). The molecule has 7 heteroatoms. The Labute approximate surface area is 158 Å². The number of hydrogen-bond donors (Lipinski definition) is 2. The highest BCUT2D eigenvalue weighted by Gasteiger charge is 2.17. The van der Waals surface area contributed by atoms with Crippen LogP contribution in [0.2, 0.25) is 5.02 Å². The van der Waals surface area contributed by atoms with Crippen molar-refractivity contribution in [3.8, 4) is 0 Å². The molecule has 0 aliphatic carbocycles. The third kappa shape index (κ3) is 4.15. The summed E-state index contributed by atoms with van der Waals surface area (Å²) >= 11 is 6.11. The van der Waals surface area contributed by atoms with Crippen LogP contribution < -0.4 is 10.0 Å². The van der Waals surface area contributed by atoms with Gasteiger partial charge in [-0.1, -0.05) is 41.4 Å². The summed E-state index contributed by atoms with van der Waals surface area (Å²) in [6, 6.07) is 15.9. The maximum Gasteiger partial charge on any atom is 0.263 e. The van der Waals surface area contributed by atoms with Crippen LogP contribution >= 0.6 is 11.6 Å². The number of halogens is 1. The van der Waals surface area contributed by atoms with Gasteiger partial charge in [-0.05, 0) is 49.7 Å². The molecule has 0 saturated carbocycles. The number of pyridine rings is 1. The zero-order chi connectivity index (χ0) is 18.7. The quantitative estimate of drug-likeness (QED) is 0.653. The molecule has 0 aliphatic heterocycles. The van der Waals surface area contributed by atoms with Crippen molar-refractivity contribution in [2.75, 3.05) is 10.0 Å². The van der Waals surface area contributed by atoms with Gasteiger partial charge in [-0.25, -0.2) is 13.4 Å². The van der Waals surface area contributed by atoms with Crippen molar-refractivity contribution in [2.24, 2.45) is 0 Å². The number of anilines is 3. The van der Waals surface area contributed by atoms with Gasteiger partial charge in [-0.3, -0.25) is 4.72 Å². The first kappa shape index (κ1) is 18.2. The second-order valence-electron chi connectivity index (χ2n) is 5.91. The molecule has 3 aromatic rings. The molecule has 0 amide bonds. The van der Waals surface area contributed by atoms with Crippen molar-refractivity contribution >= 4 is 38.8 Å². The molecule has 0 radical (unpaired) electrons. The van der Waals surface area contributed by atoms with E-state index >= 15 is 0 Å². The molecular weight excluding hydrogens is 370 g/mol. The van der Waals surface area contributed by atoms with Gasteiger partial charge < -0.3 is 5.32 Å². The van der Waals surface area contributed by atoms with Gasteiger partial charge in [-0.15, -0.1) is 0 Å². The van der Waals surface area contributed by atoms with Crippen LogP contribution in [0.5, 0.6) is 0 Å². The lowest BCUT2D eigenvalue weighted by Crippen LogP contribution is -2.15. The van der Waals surface area contributed by atoms with E-state index in [2.05, 4.69) is 15.0 Å². The first-order valence-electron chi connectivity index (χ1n) is 7.93. The maximum absolute atomic E-state index is 12.6. The summed E-state index contributed by atoms with van der Waals surface area (Å²) in [7, 11) is -3.69.